The maximum absolute atomic E-state index is 12.3. The normalized spacial score (nSPS) is 19.8. The summed E-state index contributed by atoms with van der Waals surface area (Å²) >= 11 is 1.62. The molecule has 5 nitrogen and oxygen atoms in total. The van der Waals surface area contributed by atoms with Crippen molar-refractivity contribution in [2.75, 3.05) is 11.6 Å². The lowest BCUT2D eigenvalue weighted by Crippen LogP contribution is -2.50. The van der Waals surface area contributed by atoms with E-state index in [9.17, 15) is 9.59 Å². The molecule has 1 fully saturated rings. The first kappa shape index (κ1) is 15.9. The smallest absolute Gasteiger partial charge is 0.243 e. The van der Waals surface area contributed by atoms with Crippen molar-refractivity contribution < 1.29 is 14.0 Å². The average Bonchev–Trinajstić information content (AvgIpc) is 3.08. The molecule has 1 N–H and O–H groups in total. The van der Waals surface area contributed by atoms with Gasteiger partial charge in [0.1, 0.15) is 6.04 Å². The van der Waals surface area contributed by atoms with Gasteiger partial charge in [0.05, 0.1) is 24.8 Å². The summed E-state index contributed by atoms with van der Waals surface area (Å²) in [6, 6.07) is 1.52. The number of nitrogens with zero attached hydrogens (tertiary/aromatic N) is 1. The van der Waals surface area contributed by atoms with Gasteiger partial charge in [-0.05, 0) is 24.5 Å². The summed E-state index contributed by atoms with van der Waals surface area (Å²) in [5, 5.41) is 3.00. The fraction of sp³-hybridized carbons (Fsp3) is 0.600. The Morgan fingerprint density at radius 2 is 2.24 bits per heavy atom. The molecule has 0 aliphatic carbocycles. The zero-order chi connectivity index (χ0) is 15.4. The molecular formula is C15H22N2O3S. The van der Waals surface area contributed by atoms with E-state index in [-0.39, 0.29) is 30.3 Å². The number of amides is 2. The molecule has 0 bridgehead atoms. The van der Waals surface area contributed by atoms with Crippen LogP contribution < -0.4 is 5.32 Å². The lowest BCUT2D eigenvalue weighted by Gasteiger charge is -2.25. The lowest BCUT2D eigenvalue weighted by molar-refractivity contribution is -0.137. The van der Waals surface area contributed by atoms with Crippen LogP contribution in [0.1, 0.15) is 26.3 Å². The molecule has 0 unspecified atom stereocenters. The van der Waals surface area contributed by atoms with Crippen LogP contribution in [0.3, 0.4) is 0 Å². The zero-order valence-corrected chi connectivity index (χ0v) is 13.5. The van der Waals surface area contributed by atoms with Gasteiger partial charge in [0.15, 0.2) is 0 Å². The van der Waals surface area contributed by atoms with Crippen molar-refractivity contribution in [2.45, 2.75) is 39.3 Å². The van der Waals surface area contributed by atoms with Crippen LogP contribution in [0.15, 0.2) is 23.0 Å². The molecule has 2 atom stereocenters. The van der Waals surface area contributed by atoms with Crippen LogP contribution in [0.25, 0.3) is 0 Å². The molecule has 1 saturated heterocycles. The van der Waals surface area contributed by atoms with Crippen LogP contribution in [0.5, 0.6) is 0 Å². The first-order valence-electron chi connectivity index (χ1n) is 7.17. The number of hydrogen-bond donors (Lipinski definition) is 1. The highest BCUT2D eigenvalue weighted by atomic mass is 32.2. The molecule has 1 aromatic rings. The first-order chi connectivity index (χ1) is 9.99. The quantitative estimate of drug-likeness (QED) is 0.902. The van der Waals surface area contributed by atoms with Crippen molar-refractivity contribution in [3.63, 3.8) is 0 Å². The molecule has 0 spiro atoms. The van der Waals surface area contributed by atoms with Crippen molar-refractivity contribution in [3.05, 3.63) is 24.2 Å². The summed E-state index contributed by atoms with van der Waals surface area (Å²) in [6.45, 7) is 6.12. The molecule has 1 aliphatic rings. The third-order valence-electron chi connectivity index (χ3n) is 3.81. The van der Waals surface area contributed by atoms with E-state index in [0.29, 0.717) is 17.5 Å². The average molecular weight is 310 g/mol. The number of hydrogen-bond acceptors (Lipinski definition) is 4. The van der Waals surface area contributed by atoms with Gasteiger partial charge in [0.2, 0.25) is 11.8 Å². The summed E-state index contributed by atoms with van der Waals surface area (Å²) < 4.78 is 4.98. The third kappa shape index (κ3) is 4.03. The highest BCUT2D eigenvalue weighted by Gasteiger charge is 2.35. The number of carbonyl (C=O) groups is 2. The monoisotopic (exact) mass is 310 g/mol. The minimum Gasteiger partial charge on any atom is -0.472 e. The van der Waals surface area contributed by atoms with Crippen LogP contribution in [0, 0.1) is 5.92 Å². The Bertz CT molecular complexity index is 487. The van der Waals surface area contributed by atoms with E-state index in [1.54, 1.807) is 35.3 Å². The van der Waals surface area contributed by atoms with Gasteiger partial charge >= 0.3 is 0 Å². The number of rotatable bonds is 5. The Kier molecular flexibility index (Phi) is 5.33. The summed E-state index contributed by atoms with van der Waals surface area (Å²) in [5.41, 5.74) is 0.839. The number of carbonyl (C=O) groups excluding carboxylic acids is 2. The van der Waals surface area contributed by atoms with Crippen molar-refractivity contribution in [1.82, 2.24) is 10.2 Å². The van der Waals surface area contributed by atoms with E-state index in [1.165, 1.54) is 0 Å². The zero-order valence-electron chi connectivity index (χ0n) is 12.7. The van der Waals surface area contributed by atoms with Crippen LogP contribution in [-0.4, -0.2) is 40.4 Å². The molecular weight excluding hydrogens is 288 g/mol. The minimum atomic E-state index is -0.365. The van der Waals surface area contributed by atoms with Gasteiger partial charge in [-0.2, -0.15) is 0 Å². The van der Waals surface area contributed by atoms with Gasteiger partial charge in [0.25, 0.3) is 0 Å². The van der Waals surface area contributed by atoms with E-state index < -0.39 is 0 Å². The molecule has 6 heteroatoms. The minimum absolute atomic E-state index is 0.0289. The Labute approximate surface area is 129 Å². The van der Waals surface area contributed by atoms with Crippen molar-refractivity contribution in [1.29, 1.82) is 0 Å². The van der Waals surface area contributed by atoms with Gasteiger partial charge in [-0.3, -0.25) is 9.59 Å². The van der Waals surface area contributed by atoms with E-state index in [1.807, 2.05) is 6.92 Å². The Hall–Kier alpha value is -1.43. The highest BCUT2D eigenvalue weighted by Crippen LogP contribution is 2.22. The van der Waals surface area contributed by atoms with E-state index in [4.69, 9.17) is 4.42 Å². The van der Waals surface area contributed by atoms with Crippen molar-refractivity contribution in [3.8, 4) is 0 Å². The fourth-order valence-electron chi connectivity index (χ4n) is 2.06. The number of furan rings is 1. The van der Waals surface area contributed by atoms with E-state index >= 15 is 0 Å². The highest BCUT2D eigenvalue weighted by molar-refractivity contribution is 7.99. The second-order valence-electron chi connectivity index (χ2n) is 5.73. The van der Waals surface area contributed by atoms with E-state index in [2.05, 4.69) is 19.2 Å². The molecule has 2 amide bonds. The van der Waals surface area contributed by atoms with Crippen molar-refractivity contribution >= 4 is 23.6 Å². The number of nitrogens with one attached hydrogen (secondary N) is 1. The lowest BCUT2D eigenvalue weighted by atomic mass is 10.1. The molecule has 0 radical (unpaired) electrons. The Balaban J connectivity index is 1.96. The van der Waals surface area contributed by atoms with Crippen LogP contribution in [-0.2, 0) is 16.0 Å². The predicted octanol–water partition coefficient (Wildman–Crippen LogP) is 1.88. The summed E-state index contributed by atoms with van der Waals surface area (Å²) in [5.74, 6) is 1.53. The van der Waals surface area contributed by atoms with Gasteiger partial charge < -0.3 is 14.6 Å². The molecule has 2 heterocycles. The largest absolute Gasteiger partial charge is 0.472 e. The maximum atomic E-state index is 12.3. The predicted molar refractivity (Wildman–Crippen MR) is 82.8 cm³/mol. The van der Waals surface area contributed by atoms with Crippen LogP contribution in [0.2, 0.25) is 0 Å². The maximum Gasteiger partial charge on any atom is 0.243 e. The summed E-state index contributed by atoms with van der Waals surface area (Å²) in [4.78, 5) is 26.3. The Morgan fingerprint density at radius 1 is 1.48 bits per heavy atom. The molecule has 2 rings (SSSR count). The van der Waals surface area contributed by atoms with Gasteiger partial charge in [-0.1, -0.05) is 13.8 Å². The SMILES string of the molecule is CC(C)[C@@H](C)NC(=O)[C@@H]1CSCN1C(=O)Cc1ccoc1. The van der Waals surface area contributed by atoms with Crippen LogP contribution in [0.4, 0.5) is 0 Å². The van der Waals surface area contributed by atoms with Crippen LogP contribution >= 0.6 is 11.8 Å². The van der Waals surface area contributed by atoms with Gasteiger partial charge in [0, 0.05) is 11.8 Å². The first-order valence-corrected chi connectivity index (χ1v) is 8.33. The molecule has 0 aromatic carbocycles. The number of thioether (sulfide) groups is 1. The molecule has 116 valence electrons. The molecule has 1 aromatic heterocycles. The fourth-order valence-corrected chi connectivity index (χ4v) is 3.24. The molecule has 21 heavy (non-hydrogen) atoms. The van der Waals surface area contributed by atoms with Gasteiger partial charge in [-0.25, -0.2) is 0 Å². The Morgan fingerprint density at radius 3 is 2.86 bits per heavy atom. The third-order valence-corrected chi connectivity index (χ3v) is 4.82. The summed E-state index contributed by atoms with van der Waals surface area (Å²) in [6.07, 6.45) is 3.40. The van der Waals surface area contributed by atoms with Gasteiger partial charge in [-0.15, -0.1) is 11.8 Å². The van der Waals surface area contributed by atoms with E-state index in [0.717, 1.165) is 5.56 Å². The molecule has 0 saturated carbocycles. The second kappa shape index (κ2) is 7.02. The van der Waals surface area contributed by atoms with Crippen molar-refractivity contribution in [2.24, 2.45) is 5.92 Å². The summed E-state index contributed by atoms with van der Waals surface area (Å²) in [7, 11) is 0. The topological polar surface area (TPSA) is 62.6 Å². The molecule has 1 aliphatic heterocycles. The second-order valence-corrected chi connectivity index (χ2v) is 6.73. The standard InChI is InChI=1S/C15H22N2O3S/c1-10(2)11(3)16-15(19)13-8-21-9-17(13)14(18)6-12-4-5-20-7-12/h4-5,7,10-11,13H,6,8-9H2,1-3H3,(H,16,19)/t11-,13+/m1/s1.